The molecule has 1 aromatic carbocycles. The van der Waals surface area contributed by atoms with E-state index in [1.54, 1.807) is 7.11 Å². The molecule has 1 rings (SSSR count). The Morgan fingerprint density at radius 1 is 1.28 bits per heavy atom. The number of nitrogens with one attached hydrogen (secondary N) is 1. The van der Waals surface area contributed by atoms with Crippen LogP contribution in [0.25, 0.3) is 0 Å². The van der Waals surface area contributed by atoms with Gasteiger partial charge in [-0.3, -0.25) is 0 Å². The first-order valence-electron chi connectivity index (χ1n) is 6.86. The molecule has 0 aliphatic carbocycles. The van der Waals surface area contributed by atoms with E-state index in [1.165, 1.54) is 23.1 Å². The average molecular weight is 249 g/mol. The van der Waals surface area contributed by atoms with Gasteiger partial charge in [0.1, 0.15) is 5.75 Å². The second-order valence-electron chi connectivity index (χ2n) is 5.22. The quantitative estimate of drug-likeness (QED) is 0.822. The van der Waals surface area contributed by atoms with Crippen LogP contribution in [0.2, 0.25) is 0 Å². The summed E-state index contributed by atoms with van der Waals surface area (Å²) in [5, 5.41) is 3.42. The Kier molecular flexibility index (Phi) is 5.67. The summed E-state index contributed by atoms with van der Waals surface area (Å²) in [6.45, 7) is 8.81. The Morgan fingerprint density at radius 3 is 2.44 bits per heavy atom. The third kappa shape index (κ3) is 3.26. The van der Waals surface area contributed by atoms with Crippen LogP contribution < -0.4 is 10.1 Å². The van der Waals surface area contributed by atoms with E-state index in [-0.39, 0.29) is 0 Å². The molecule has 0 radical (unpaired) electrons. The highest BCUT2D eigenvalue weighted by Crippen LogP contribution is 2.33. The minimum Gasteiger partial charge on any atom is -0.496 e. The van der Waals surface area contributed by atoms with Gasteiger partial charge in [-0.25, -0.2) is 0 Å². The van der Waals surface area contributed by atoms with Crippen LogP contribution in [0, 0.1) is 19.8 Å². The fourth-order valence-electron chi connectivity index (χ4n) is 2.33. The van der Waals surface area contributed by atoms with Crippen molar-refractivity contribution in [3.63, 3.8) is 0 Å². The fraction of sp³-hybridized carbons (Fsp3) is 0.625. The fourth-order valence-corrected chi connectivity index (χ4v) is 2.33. The Labute approximate surface area is 112 Å². The topological polar surface area (TPSA) is 21.3 Å². The summed E-state index contributed by atoms with van der Waals surface area (Å²) in [6, 6.07) is 4.76. The van der Waals surface area contributed by atoms with Crippen LogP contribution in [0.15, 0.2) is 12.1 Å². The van der Waals surface area contributed by atoms with Crippen LogP contribution >= 0.6 is 0 Å². The van der Waals surface area contributed by atoms with Gasteiger partial charge < -0.3 is 10.1 Å². The van der Waals surface area contributed by atoms with Crippen molar-refractivity contribution in [2.24, 2.45) is 5.92 Å². The molecule has 1 aromatic rings. The molecule has 0 heterocycles. The minimum absolute atomic E-state index is 0.370. The van der Waals surface area contributed by atoms with Gasteiger partial charge in [0, 0.05) is 11.6 Å². The van der Waals surface area contributed by atoms with Crippen LogP contribution in [0.5, 0.6) is 5.75 Å². The van der Waals surface area contributed by atoms with Crippen LogP contribution in [0.3, 0.4) is 0 Å². The number of aryl methyl sites for hydroxylation is 1. The van der Waals surface area contributed by atoms with Gasteiger partial charge in [-0.1, -0.05) is 32.4 Å². The van der Waals surface area contributed by atoms with Crippen molar-refractivity contribution in [3.05, 3.63) is 28.8 Å². The second kappa shape index (κ2) is 6.79. The Hall–Kier alpha value is -1.02. The van der Waals surface area contributed by atoms with Crippen molar-refractivity contribution in [1.82, 2.24) is 5.32 Å². The summed E-state index contributed by atoms with van der Waals surface area (Å²) in [4.78, 5) is 0. The second-order valence-corrected chi connectivity index (χ2v) is 5.22. The van der Waals surface area contributed by atoms with E-state index in [2.05, 4.69) is 45.1 Å². The highest BCUT2D eigenvalue weighted by atomic mass is 16.5. The van der Waals surface area contributed by atoms with Crippen molar-refractivity contribution in [2.45, 2.75) is 46.6 Å². The first kappa shape index (κ1) is 15.0. The van der Waals surface area contributed by atoms with Crippen LogP contribution in [-0.4, -0.2) is 14.2 Å². The highest BCUT2D eigenvalue weighted by molar-refractivity contribution is 5.46. The van der Waals surface area contributed by atoms with Gasteiger partial charge in [-0.05, 0) is 44.4 Å². The molecule has 0 aliphatic heterocycles. The maximum atomic E-state index is 5.61. The highest BCUT2D eigenvalue weighted by Gasteiger charge is 2.18. The van der Waals surface area contributed by atoms with Gasteiger partial charge >= 0.3 is 0 Å². The molecule has 0 saturated carbocycles. The minimum atomic E-state index is 0.370. The average Bonchev–Trinajstić information content (AvgIpc) is 2.38. The molecule has 0 aliphatic rings. The number of ether oxygens (including phenoxy) is 1. The number of hydrogen-bond donors (Lipinski definition) is 1. The lowest BCUT2D eigenvalue weighted by Gasteiger charge is -2.24. The van der Waals surface area contributed by atoms with E-state index in [4.69, 9.17) is 4.74 Å². The van der Waals surface area contributed by atoms with Crippen LogP contribution in [0.4, 0.5) is 0 Å². The van der Waals surface area contributed by atoms with Gasteiger partial charge in [-0.2, -0.15) is 0 Å². The number of rotatable bonds is 6. The van der Waals surface area contributed by atoms with Crippen molar-refractivity contribution in [1.29, 1.82) is 0 Å². The SMILES string of the molecule is CCC(C)CC(NC)c1ccc(C)c(C)c1OC. The third-order valence-electron chi connectivity index (χ3n) is 3.97. The largest absolute Gasteiger partial charge is 0.496 e. The molecule has 18 heavy (non-hydrogen) atoms. The van der Waals surface area contributed by atoms with Gasteiger partial charge in [0.2, 0.25) is 0 Å². The smallest absolute Gasteiger partial charge is 0.126 e. The van der Waals surface area contributed by atoms with Gasteiger partial charge in [0.05, 0.1) is 7.11 Å². The first-order valence-corrected chi connectivity index (χ1v) is 6.86. The predicted octanol–water partition coefficient (Wildman–Crippen LogP) is 4.01. The zero-order valence-corrected chi connectivity index (χ0v) is 12.6. The van der Waals surface area contributed by atoms with Gasteiger partial charge in [-0.15, -0.1) is 0 Å². The maximum Gasteiger partial charge on any atom is 0.126 e. The first-order chi connectivity index (χ1) is 8.54. The van der Waals surface area contributed by atoms with Crippen molar-refractivity contribution in [2.75, 3.05) is 14.2 Å². The molecule has 0 saturated heterocycles. The lowest BCUT2D eigenvalue weighted by molar-refractivity contribution is 0.378. The van der Waals surface area contributed by atoms with E-state index in [0.717, 1.165) is 12.2 Å². The predicted molar refractivity (Wildman–Crippen MR) is 78.3 cm³/mol. The Balaban J connectivity index is 3.09. The molecule has 0 aromatic heterocycles. The molecule has 0 fully saturated rings. The standard InChI is InChI=1S/C16H27NO/c1-7-11(2)10-15(17-5)14-9-8-12(3)13(4)16(14)18-6/h8-9,11,15,17H,7,10H2,1-6H3. The zero-order chi connectivity index (χ0) is 13.7. The molecule has 2 nitrogen and oxygen atoms in total. The Bertz CT molecular complexity index is 387. The van der Waals surface area contributed by atoms with Crippen molar-refractivity contribution < 1.29 is 4.74 Å². The third-order valence-corrected chi connectivity index (χ3v) is 3.97. The summed E-state index contributed by atoms with van der Waals surface area (Å²) in [6.07, 6.45) is 2.36. The number of methoxy groups -OCH3 is 1. The molecular weight excluding hydrogens is 222 g/mol. The van der Waals surface area contributed by atoms with E-state index in [1.807, 2.05) is 7.05 Å². The van der Waals surface area contributed by atoms with E-state index >= 15 is 0 Å². The zero-order valence-electron chi connectivity index (χ0n) is 12.6. The maximum absolute atomic E-state index is 5.61. The Morgan fingerprint density at radius 2 is 1.94 bits per heavy atom. The summed E-state index contributed by atoms with van der Waals surface area (Å²) in [7, 11) is 3.79. The number of hydrogen-bond acceptors (Lipinski definition) is 2. The molecule has 2 unspecified atom stereocenters. The summed E-state index contributed by atoms with van der Waals surface area (Å²) >= 11 is 0. The van der Waals surface area contributed by atoms with Crippen molar-refractivity contribution in [3.8, 4) is 5.75 Å². The summed E-state index contributed by atoms with van der Waals surface area (Å²) in [5.41, 5.74) is 3.82. The van der Waals surface area contributed by atoms with E-state index in [9.17, 15) is 0 Å². The summed E-state index contributed by atoms with van der Waals surface area (Å²) in [5.74, 6) is 1.76. The molecule has 0 amide bonds. The molecule has 0 spiro atoms. The molecular formula is C16H27NO. The molecule has 2 heteroatoms. The lowest BCUT2D eigenvalue weighted by Crippen LogP contribution is -2.20. The van der Waals surface area contributed by atoms with Crippen molar-refractivity contribution >= 4 is 0 Å². The molecule has 102 valence electrons. The van der Waals surface area contributed by atoms with Gasteiger partial charge in [0.15, 0.2) is 0 Å². The lowest BCUT2D eigenvalue weighted by atomic mass is 9.91. The molecule has 2 atom stereocenters. The molecule has 0 bridgehead atoms. The monoisotopic (exact) mass is 249 g/mol. The normalized spacial score (nSPS) is 14.3. The van der Waals surface area contributed by atoms with Crippen LogP contribution in [-0.2, 0) is 0 Å². The van der Waals surface area contributed by atoms with E-state index < -0.39 is 0 Å². The van der Waals surface area contributed by atoms with Gasteiger partial charge in [0.25, 0.3) is 0 Å². The molecule has 1 N–H and O–H groups in total. The van der Waals surface area contributed by atoms with E-state index in [0.29, 0.717) is 12.0 Å². The summed E-state index contributed by atoms with van der Waals surface area (Å²) < 4.78 is 5.61. The van der Waals surface area contributed by atoms with Crippen LogP contribution in [0.1, 0.15) is 49.4 Å². The number of benzene rings is 1.